The van der Waals surface area contributed by atoms with Crippen molar-refractivity contribution in [1.82, 2.24) is 14.9 Å². The predicted octanol–water partition coefficient (Wildman–Crippen LogP) is 2.84. The highest BCUT2D eigenvalue weighted by Crippen LogP contribution is 2.15. The normalized spacial score (nSPS) is 16.7. The van der Waals surface area contributed by atoms with Crippen LogP contribution in [0.4, 0.5) is 5.82 Å². The Balaban J connectivity index is 1.60. The lowest BCUT2D eigenvalue weighted by Gasteiger charge is -2.22. The summed E-state index contributed by atoms with van der Waals surface area (Å²) in [6.45, 7) is 5.16. The van der Waals surface area contributed by atoms with Gasteiger partial charge in [-0.05, 0) is 12.0 Å². The SMILES string of the molecule is Clc1cnc(N2CCCN(Cc3ccccc3)CC2)cn1. The van der Waals surface area contributed by atoms with Crippen molar-refractivity contribution >= 4 is 17.4 Å². The van der Waals surface area contributed by atoms with E-state index in [-0.39, 0.29) is 0 Å². The Morgan fingerprint density at radius 3 is 2.57 bits per heavy atom. The lowest BCUT2D eigenvalue weighted by Crippen LogP contribution is -2.31. The minimum absolute atomic E-state index is 0.444. The second kappa shape index (κ2) is 6.87. The number of anilines is 1. The minimum atomic E-state index is 0.444. The van der Waals surface area contributed by atoms with Crippen LogP contribution in [0.1, 0.15) is 12.0 Å². The third kappa shape index (κ3) is 3.93. The average molecular weight is 303 g/mol. The Kier molecular flexibility index (Phi) is 4.68. The van der Waals surface area contributed by atoms with Crippen LogP contribution in [-0.4, -0.2) is 41.0 Å². The molecule has 0 saturated carbocycles. The molecule has 1 aliphatic heterocycles. The van der Waals surface area contributed by atoms with Crippen LogP contribution in [0.25, 0.3) is 0 Å². The van der Waals surface area contributed by atoms with Crippen LogP contribution in [0, 0.1) is 0 Å². The Labute approximate surface area is 130 Å². The van der Waals surface area contributed by atoms with Gasteiger partial charge < -0.3 is 4.90 Å². The van der Waals surface area contributed by atoms with Crippen molar-refractivity contribution in [3.05, 3.63) is 53.4 Å². The third-order valence-electron chi connectivity index (χ3n) is 3.77. The number of hydrogen-bond donors (Lipinski definition) is 0. The molecule has 2 aromatic rings. The molecule has 1 aromatic carbocycles. The number of hydrogen-bond acceptors (Lipinski definition) is 4. The van der Waals surface area contributed by atoms with Crippen LogP contribution in [0.15, 0.2) is 42.7 Å². The van der Waals surface area contributed by atoms with Gasteiger partial charge in [0, 0.05) is 32.7 Å². The van der Waals surface area contributed by atoms with E-state index >= 15 is 0 Å². The quantitative estimate of drug-likeness (QED) is 0.873. The molecule has 4 nitrogen and oxygen atoms in total. The van der Waals surface area contributed by atoms with Crippen molar-refractivity contribution in [2.24, 2.45) is 0 Å². The zero-order valence-corrected chi connectivity index (χ0v) is 12.7. The summed E-state index contributed by atoms with van der Waals surface area (Å²) in [5.41, 5.74) is 1.37. The van der Waals surface area contributed by atoms with E-state index in [4.69, 9.17) is 11.6 Å². The third-order valence-corrected chi connectivity index (χ3v) is 3.96. The van der Waals surface area contributed by atoms with Crippen LogP contribution in [0.3, 0.4) is 0 Å². The van der Waals surface area contributed by atoms with E-state index in [1.165, 1.54) is 5.56 Å². The van der Waals surface area contributed by atoms with E-state index in [9.17, 15) is 0 Å². The molecular formula is C16H19ClN4. The summed E-state index contributed by atoms with van der Waals surface area (Å²) in [4.78, 5) is 13.3. The fourth-order valence-corrected chi connectivity index (χ4v) is 2.77. The molecule has 110 valence electrons. The highest BCUT2D eigenvalue weighted by Gasteiger charge is 2.16. The smallest absolute Gasteiger partial charge is 0.147 e. The first kappa shape index (κ1) is 14.3. The summed E-state index contributed by atoms with van der Waals surface area (Å²) in [6, 6.07) is 10.6. The molecule has 0 amide bonds. The van der Waals surface area contributed by atoms with Crippen molar-refractivity contribution in [3.8, 4) is 0 Å². The van der Waals surface area contributed by atoms with Gasteiger partial charge in [0.2, 0.25) is 0 Å². The van der Waals surface area contributed by atoms with Crippen LogP contribution >= 0.6 is 11.6 Å². The molecule has 1 aliphatic rings. The maximum absolute atomic E-state index is 5.80. The van der Waals surface area contributed by atoms with Gasteiger partial charge in [0.15, 0.2) is 0 Å². The summed E-state index contributed by atoms with van der Waals surface area (Å²) >= 11 is 5.80. The highest BCUT2D eigenvalue weighted by atomic mass is 35.5. The topological polar surface area (TPSA) is 32.3 Å². The van der Waals surface area contributed by atoms with Crippen molar-refractivity contribution < 1.29 is 0 Å². The van der Waals surface area contributed by atoms with Gasteiger partial charge >= 0.3 is 0 Å². The Morgan fingerprint density at radius 1 is 0.952 bits per heavy atom. The maximum Gasteiger partial charge on any atom is 0.147 e. The van der Waals surface area contributed by atoms with Gasteiger partial charge in [-0.15, -0.1) is 0 Å². The van der Waals surface area contributed by atoms with Crippen molar-refractivity contribution in [1.29, 1.82) is 0 Å². The first-order chi connectivity index (χ1) is 10.3. The molecule has 3 rings (SSSR count). The summed E-state index contributed by atoms with van der Waals surface area (Å²) in [5.74, 6) is 0.918. The van der Waals surface area contributed by atoms with Crippen molar-refractivity contribution in [3.63, 3.8) is 0 Å². The fraction of sp³-hybridized carbons (Fsp3) is 0.375. The van der Waals surface area contributed by atoms with E-state index < -0.39 is 0 Å². The van der Waals surface area contributed by atoms with Crippen LogP contribution in [0.2, 0.25) is 5.15 Å². The molecule has 0 radical (unpaired) electrons. The second-order valence-corrected chi connectivity index (χ2v) is 5.69. The van der Waals surface area contributed by atoms with Crippen LogP contribution < -0.4 is 4.90 Å². The molecule has 0 bridgehead atoms. The first-order valence-electron chi connectivity index (χ1n) is 7.30. The zero-order chi connectivity index (χ0) is 14.5. The molecule has 0 unspecified atom stereocenters. The molecule has 0 aliphatic carbocycles. The molecule has 21 heavy (non-hydrogen) atoms. The maximum atomic E-state index is 5.80. The summed E-state index contributed by atoms with van der Waals surface area (Å²) in [7, 11) is 0. The number of halogens is 1. The number of rotatable bonds is 3. The lowest BCUT2D eigenvalue weighted by atomic mass is 10.2. The second-order valence-electron chi connectivity index (χ2n) is 5.30. The van der Waals surface area contributed by atoms with Crippen LogP contribution in [-0.2, 0) is 6.54 Å². The van der Waals surface area contributed by atoms with Gasteiger partial charge in [-0.2, -0.15) is 0 Å². The zero-order valence-electron chi connectivity index (χ0n) is 12.0. The molecule has 2 heterocycles. The number of benzene rings is 1. The molecule has 1 fully saturated rings. The molecule has 1 aromatic heterocycles. The Hall–Kier alpha value is -1.65. The van der Waals surface area contributed by atoms with Crippen molar-refractivity contribution in [2.75, 3.05) is 31.1 Å². The minimum Gasteiger partial charge on any atom is -0.354 e. The summed E-state index contributed by atoms with van der Waals surface area (Å²) in [6.07, 6.45) is 4.51. The van der Waals surface area contributed by atoms with Gasteiger partial charge in [0.05, 0.1) is 12.4 Å². The first-order valence-corrected chi connectivity index (χ1v) is 7.68. The van der Waals surface area contributed by atoms with Crippen molar-refractivity contribution in [2.45, 2.75) is 13.0 Å². The number of aromatic nitrogens is 2. The van der Waals surface area contributed by atoms with E-state index in [1.54, 1.807) is 12.4 Å². The average Bonchev–Trinajstić information content (AvgIpc) is 2.75. The van der Waals surface area contributed by atoms with E-state index in [1.807, 2.05) is 0 Å². The van der Waals surface area contributed by atoms with E-state index in [0.29, 0.717) is 5.15 Å². The molecule has 0 atom stereocenters. The fourth-order valence-electron chi connectivity index (χ4n) is 2.67. The molecular weight excluding hydrogens is 284 g/mol. The van der Waals surface area contributed by atoms with E-state index in [0.717, 1.165) is 45.0 Å². The largest absolute Gasteiger partial charge is 0.354 e. The van der Waals surface area contributed by atoms with Gasteiger partial charge in [0.1, 0.15) is 11.0 Å². The monoisotopic (exact) mass is 302 g/mol. The molecule has 1 saturated heterocycles. The van der Waals surface area contributed by atoms with Gasteiger partial charge in [0.25, 0.3) is 0 Å². The van der Waals surface area contributed by atoms with E-state index in [2.05, 4.69) is 50.1 Å². The standard InChI is InChI=1S/C16H19ClN4/c17-15-11-19-16(12-18-15)21-8-4-7-20(9-10-21)13-14-5-2-1-3-6-14/h1-3,5-6,11-12H,4,7-10,13H2. The Morgan fingerprint density at radius 2 is 1.81 bits per heavy atom. The van der Waals surface area contributed by atoms with Gasteiger partial charge in [-0.3, -0.25) is 4.90 Å². The van der Waals surface area contributed by atoms with Crippen LogP contribution in [0.5, 0.6) is 0 Å². The Bertz CT molecular complexity index is 558. The summed E-state index contributed by atoms with van der Waals surface area (Å²) in [5, 5.41) is 0.444. The number of nitrogens with zero attached hydrogens (tertiary/aromatic N) is 4. The molecule has 0 spiro atoms. The predicted molar refractivity (Wildman–Crippen MR) is 85.6 cm³/mol. The molecule has 0 N–H and O–H groups in total. The van der Waals surface area contributed by atoms with Gasteiger partial charge in [-0.25, -0.2) is 9.97 Å². The van der Waals surface area contributed by atoms with Gasteiger partial charge in [-0.1, -0.05) is 41.9 Å². The lowest BCUT2D eigenvalue weighted by molar-refractivity contribution is 0.285. The summed E-state index contributed by atoms with van der Waals surface area (Å²) < 4.78 is 0. The molecule has 5 heteroatoms. The highest BCUT2D eigenvalue weighted by molar-refractivity contribution is 6.29.